The van der Waals surface area contributed by atoms with E-state index < -0.39 is 22.1 Å². The standard InChI is InChI=1S/C19H21FN4O5S/c20-13-9-15(18(21-11-13)24-6-2-1-3-7-24)23-30(27,28)14-5-4-12-8-17(19(25)22-26)29-16(12)10-14/h4-5,8-11,19,22-23,25-26H,1-3,6-7H2. The lowest BCUT2D eigenvalue weighted by Gasteiger charge is -2.29. The van der Waals surface area contributed by atoms with E-state index in [0.29, 0.717) is 11.2 Å². The molecule has 11 heteroatoms. The molecule has 1 unspecified atom stereocenters. The van der Waals surface area contributed by atoms with Crippen LogP contribution in [0.4, 0.5) is 15.9 Å². The predicted octanol–water partition coefficient (Wildman–Crippen LogP) is 2.73. The number of hydroxylamine groups is 1. The molecule has 0 spiro atoms. The highest BCUT2D eigenvalue weighted by atomic mass is 32.2. The van der Waals surface area contributed by atoms with E-state index in [1.54, 1.807) is 5.48 Å². The number of aliphatic hydroxyl groups is 1. The number of nitrogens with one attached hydrogen (secondary N) is 2. The summed E-state index contributed by atoms with van der Waals surface area (Å²) in [4.78, 5) is 5.94. The molecule has 1 aliphatic rings. The fourth-order valence-corrected chi connectivity index (χ4v) is 4.53. The maximum absolute atomic E-state index is 13.8. The Hall–Kier alpha value is -2.73. The summed E-state index contributed by atoms with van der Waals surface area (Å²) in [6.07, 6.45) is 2.62. The van der Waals surface area contributed by atoms with Crippen molar-refractivity contribution in [3.63, 3.8) is 0 Å². The second kappa shape index (κ2) is 8.19. The number of nitrogens with zero attached hydrogens (tertiary/aromatic N) is 2. The van der Waals surface area contributed by atoms with Gasteiger partial charge in [0, 0.05) is 30.6 Å². The number of pyridine rings is 1. The van der Waals surface area contributed by atoms with Crippen molar-refractivity contribution in [1.29, 1.82) is 0 Å². The number of aromatic nitrogens is 1. The van der Waals surface area contributed by atoms with Gasteiger partial charge in [0.15, 0.2) is 17.8 Å². The molecule has 2 aromatic heterocycles. The van der Waals surface area contributed by atoms with Crippen LogP contribution < -0.4 is 15.1 Å². The molecule has 0 saturated carbocycles. The number of hydrogen-bond acceptors (Lipinski definition) is 8. The number of furan rings is 1. The average Bonchev–Trinajstić information content (AvgIpc) is 3.17. The summed E-state index contributed by atoms with van der Waals surface area (Å²) < 4.78 is 47.6. The fraction of sp³-hybridized carbons (Fsp3) is 0.316. The molecule has 3 aromatic rings. The average molecular weight is 436 g/mol. The Kier molecular flexibility index (Phi) is 5.60. The molecule has 1 aromatic carbocycles. The van der Waals surface area contributed by atoms with E-state index in [1.807, 2.05) is 4.90 Å². The lowest BCUT2D eigenvalue weighted by Crippen LogP contribution is -2.31. The van der Waals surface area contributed by atoms with Gasteiger partial charge >= 0.3 is 0 Å². The van der Waals surface area contributed by atoms with Crippen LogP contribution in [-0.4, -0.2) is 36.8 Å². The SMILES string of the molecule is O=S(=O)(Nc1cc(F)cnc1N1CCCCC1)c1ccc2cc(C(O)NO)oc2c1. The lowest BCUT2D eigenvalue weighted by molar-refractivity contribution is -0.0110. The number of sulfonamides is 1. The molecule has 4 rings (SSSR count). The highest BCUT2D eigenvalue weighted by Gasteiger charge is 2.23. The molecule has 30 heavy (non-hydrogen) atoms. The highest BCUT2D eigenvalue weighted by molar-refractivity contribution is 7.92. The Morgan fingerprint density at radius 3 is 2.67 bits per heavy atom. The Balaban J connectivity index is 1.67. The van der Waals surface area contributed by atoms with Crippen molar-refractivity contribution < 1.29 is 27.5 Å². The van der Waals surface area contributed by atoms with Crippen molar-refractivity contribution in [2.45, 2.75) is 30.4 Å². The molecule has 3 heterocycles. The maximum atomic E-state index is 13.8. The van der Waals surface area contributed by atoms with Crippen LogP contribution in [0.15, 0.2) is 45.8 Å². The molecule has 1 atom stereocenters. The molecular weight excluding hydrogens is 415 g/mol. The van der Waals surface area contributed by atoms with Crippen molar-refractivity contribution in [2.75, 3.05) is 22.7 Å². The minimum absolute atomic E-state index is 0.0247. The molecule has 160 valence electrons. The summed E-state index contributed by atoms with van der Waals surface area (Å²) in [7, 11) is -4.07. The monoisotopic (exact) mass is 436 g/mol. The number of anilines is 2. The predicted molar refractivity (Wildman–Crippen MR) is 107 cm³/mol. The number of halogens is 1. The number of fused-ring (bicyclic) bond motifs is 1. The summed E-state index contributed by atoms with van der Waals surface area (Å²) >= 11 is 0. The van der Waals surface area contributed by atoms with Gasteiger partial charge in [0.1, 0.15) is 11.4 Å². The van der Waals surface area contributed by atoms with Crippen molar-refractivity contribution in [3.8, 4) is 0 Å². The number of rotatable bonds is 6. The van der Waals surface area contributed by atoms with Gasteiger partial charge in [-0.2, -0.15) is 5.48 Å². The molecule has 0 radical (unpaired) electrons. The van der Waals surface area contributed by atoms with Crippen LogP contribution >= 0.6 is 0 Å². The molecular formula is C19H21FN4O5S. The zero-order valence-electron chi connectivity index (χ0n) is 15.9. The van der Waals surface area contributed by atoms with Crippen LogP contribution in [0.5, 0.6) is 0 Å². The van der Waals surface area contributed by atoms with E-state index in [0.717, 1.165) is 44.6 Å². The summed E-state index contributed by atoms with van der Waals surface area (Å²) in [5, 5.41) is 19.0. The molecule has 4 N–H and O–H groups in total. The first-order chi connectivity index (χ1) is 14.4. The second-order valence-corrected chi connectivity index (χ2v) is 8.74. The van der Waals surface area contributed by atoms with Crippen LogP contribution in [0.2, 0.25) is 0 Å². The van der Waals surface area contributed by atoms with Gasteiger partial charge in [0.05, 0.1) is 16.8 Å². The van der Waals surface area contributed by atoms with E-state index in [9.17, 15) is 17.9 Å². The first kappa shape index (κ1) is 20.5. The van der Waals surface area contributed by atoms with E-state index in [1.165, 1.54) is 24.3 Å². The molecule has 1 aliphatic heterocycles. The van der Waals surface area contributed by atoms with E-state index in [2.05, 4.69) is 9.71 Å². The summed E-state index contributed by atoms with van der Waals surface area (Å²) in [6.45, 7) is 1.44. The fourth-order valence-electron chi connectivity index (χ4n) is 3.47. The molecule has 1 fully saturated rings. The second-order valence-electron chi connectivity index (χ2n) is 7.06. The summed E-state index contributed by atoms with van der Waals surface area (Å²) in [5.41, 5.74) is 1.92. The molecule has 0 bridgehead atoms. The molecule has 0 aliphatic carbocycles. The van der Waals surface area contributed by atoms with Gasteiger partial charge in [0.2, 0.25) is 0 Å². The minimum Gasteiger partial charge on any atom is -0.457 e. The zero-order valence-corrected chi connectivity index (χ0v) is 16.7. The third kappa shape index (κ3) is 4.10. The minimum atomic E-state index is -4.07. The Labute approximate surface area is 172 Å². The van der Waals surface area contributed by atoms with Gasteiger partial charge in [-0.3, -0.25) is 4.72 Å². The quantitative estimate of drug-likeness (QED) is 0.343. The van der Waals surface area contributed by atoms with Gasteiger partial charge in [-0.1, -0.05) is 0 Å². The van der Waals surface area contributed by atoms with Gasteiger partial charge < -0.3 is 19.6 Å². The van der Waals surface area contributed by atoms with Gasteiger partial charge in [-0.25, -0.2) is 17.8 Å². The van der Waals surface area contributed by atoms with Crippen LogP contribution in [0, 0.1) is 5.82 Å². The summed E-state index contributed by atoms with van der Waals surface area (Å²) in [6, 6.07) is 6.75. The lowest BCUT2D eigenvalue weighted by atomic mass is 10.1. The Morgan fingerprint density at radius 1 is 1.17 bits per heavy atom. The van der Waals surface area contributed by atoms with Crippen LogP contribution in [0.1, 0.15) is 31.3 Å². The van der Waals surface area contributed by atoms with Crippen molar-refractivity contribution in [2.24, 2.45) is 0 Å². The maximum Gasteiger partial charge on any atom is 0.262 e. The van der Waals surface area contributed by atoms with Crippen molar-refractivity contribution >= 4 is 32.5 Å². The number of piperidine rings is 1. The first-order valence-corrected chi connectivity index (χ1v) is 10.9. The normalized spacial score (nSPS) is 16.0. The summed E-state index contributed by atoms with van der Waals surface area (Å²) in [5.74, 6) is -0.236. The largest absolute Gasteiger partial charge is 0.457 e. The van der Waals surface area contributed by atoms with Crippen molar-refractivity contribution in [3.05, 3.63) is 48.1 Å². The number of hydrogen-bond donors (Lipinski definition) is 4. The van der Waals surface area contributed by atoms with Gasteiger partial charge in [-0.05, 0) is 37.5 Å². The third-order valence-electron chi connectivity index (χ3n) is 4.95. The van der Waals surface area contributed by atoms with Crippen LogP contribution in [0.3, 0.4) is 0 Å². The van der Waals surface area contributed by atoms with E-state index in [-0.39, 0.29) is 21.9 Å². The van der Waals surface area contributed by atoms with E-state index >= 15 is 0 Å². The topological polar surface area (TPSA) is 128 Å². The van der Waals surface area contributed by atoms with Crippen molar-refractivity contribution in [1.82, 2.24) is 10.5 Å². The molecule has 9 nitrogen and oxygen atoms in total. The molecule has 0 amide bonds. The Morgan fingerprint density at radius 2 is 1.93 bits per heavy atom. The highest BCUT2D eigenvalue weighted by Crippen LogP contribution is 2.30. The first-order valence-electron chi connectivity index (χ1n) is 9.42. The number of benzene rings is 1. The zero-order chi connectivity index (χ0) is 21.3. The number of aliphatic hydroxyl groups excluding tert-OH is 1. The van der Waals surface area contributed by atoms with Gasteiger partial charge in [0.25, 0.3) is 10.0 Å². The molecule has 1 saturated heterocycles. The van der Waals surface area contributed by atoms with E-state index in [4.69, 9.17) is 9.62 Å². The smallest absolute Gasteiger partial charge is 0.262 e. The Bertz CT molecular complexity index is 1160. The van der Waals surface area contributed by atoms with Gasteiger partial charge in [-0.15, -0.1) is 0 Å². The van der Waals surface area contributed by atoms with Crippen LogP contribution in [-0.2, 0) is 10.0 Å². The third-order valence-corrected chi connectivity index (χ3v) is 6.31. The van der Waals surface area contributed by atoms with Crippen LogP contribution in [0.25, 0.3) is 11.0 Å².